The molecule has 1 unspecified atom stereocenters. The van der Waals surface area contributed by atoms with Gasteiger partial charge in [0.15, 0.2) is 0 Å². The molecule has 1 aliphatic heterocycles. The van der Waals surface area contributed by atoms with Gasteiger partial charge < -0.3 is 4.74 Å². The molecule has 0 spiro atoms. The molecule has 0 bridgehead atoms. The maximum atomic E-state index is 10.9. The molecule has 0 saturated heterocycles. The highest BCUT2D eigenvalue weighted by molar-refractivity contribution is 8.02. The molecule has 0 aromatic heterocycles. The Kier molecular flexibility index (Phi) is 2.38. The third-order valence-corrected chi connectivity index (χ3v) is 2.62. The van der Waals surface area contributed by atoms with Crippen molar-refractivity contribution in [3.05, 3.63) is 11.0 Å². The van der Waals surface area contributed by atoms with Crippen LogP contribution in [0.15, 0.2) is 11.0 Å². The molecule has 0 fully saturated rings. The summed E-state index contributed by atoms with van der Waals surface area (Å²) in [6, 6.07) is 0. The number of thioether (sulfide) groups is 1. The van der Waals surface area contributed by atoms with Gasteiger partial charge in [-0.3, -0.25) is 0 Å². The number of rotatable bonds is 1. The summed E-state index contributed by atoms with van der Waals surface area (Å²) < 4.78 is 4.58. The summed E-state index contributed by atoms with van der Waals surface area (Å²) in [5.74, 6) is 1.18. The van der Waals surface area contributed by atoms with E-state index < -0.39 is 0 Å². The van der Waals surface area contributed by atoms with Crippen molar-refractivity contribution < 1.29 is 9.53 Å². The van der Waals surface area contributed by atoms with Crippen LogP contribution in [0.5, 0.6) is 0 Å². The Balaban J connectivity index is 2.63. The molecule has 10 heavy (non-hydrogen) atoms. The molecule has 0 N–H and O–H groups in total. The van der Waals surface area contributed by atoms with E-state index in [0.717, 1.165) is 11.3 Å². The van der Waals surface area contributed by atoms with Gasteiger partial charge in [0, 0.05) is 11.3 Å². The molecule has 1 aliphatic rings. The van der Waals surface area contributed by atoms with E-state index in [-0.39, 0.29) is 5.97 Å². The number of hydrogen-bond donors (Lipinski definition) is 0. The highest BCUT2D eigenvalue weighted by atomic mass is 32.2. The van der Waals surface area contributed by atoms with Gasteiger partial charge in [0.25, 0.3) is 0 Å². The molecule has 0 amide bonds. The Morgan fingerprint density at radius 1 is 1.90 bits per heavy atom. The molecule has 1 rings (SSSR count). The Morgan fingerprint density at radius 2 is 2.60 bits per heavy atom. The SMILES string of the molecule is COC(=O)C1=CSCC1C. The number of hydrogen-bond acceptors (Lipinski definition) is 3. The van der Waals surface area contributed by atoms with Gasteiger partial charge in [0.05, 0.1) is 7.11 Å². The van der Waals surface area contributed by atoms with Crippen molar-refractivity contribution in [2.75, 3.05) is 12.9 Å². The third kappa shape index (κ3) is 1.34. The number of methoxy groups -OCH3 is 1. The molecule has 56 valence electrons. The largest absolute Gasteiger partial charge is 0.466 e. The van der Waals surface area contributed by atoms with Crippen molar-refractivity contribution in [3.63, 3.8) is 0 Å². The summed E-state index contributed by atoms with van der Waals surface area (Å²) in [7, 11) is 1.42. The average Bonchev–Trinajstić information content (AvgIpc) is 2.34. The zero-order chi connectivity index (χ0) is 7.56. The first-order chi connectivity index (χ1) is 4.75. The molecular weight excluding hydrogens is 148 g/mol. The van der Waals surface area contributed by atoms with Gasteiger partial charge in [0.2, 0.25) is 0 Å². The van der Waals surface area contributed by atoms with Gasteiger partial charge in [-0.1, -0.05) is 6.92 Å². The van der Waals surface area contributed by atoms with Crippen LogP contribution in [0, 0.1) is 5.92 Å². The highest BCUT2D eigenvalue weighted by Gasteiger charge is 2.21. The van der Waals surface area contributed by atoms with E-state index in [1.54, 1.807) is 11.8 Å². The van der Waals surface area contributed by atoms with Gasteiger partial charge in [-0.15, -0.1) is 11.8 Å². The van der Waals surface area contributed by atoms with Crippen molar-refractivity contribution in [2.24, 2.45) is 5.92 Å². The van der Waals surface area contributed by atoms with Crippen molar-refractivity contribution in [3.8, 4) is 0 Å². The van der Waals surface area contributed by atoms with Gasteiger partial charge in [0.1, 0.15) is 0 Å². The topological polar surface area (TPSA) is 26.3 Å². The molecule has 0 aromatic rings. The minimum absolute atomic E-state index is 0.183. The Hall–Kier alpha value is -0.440. The van der Waals surface area contributed by atoms with E-state index in [0.29, 0.717) is 5.92 Å². The van der Waals surface area contributed by atoms with Crippen molar-refractivity contribution in [1.82, 2.24) is 0 Å². The van der Waals surface area contributed by atoms with Crippen LogP contribution in [-0.2, 0) is 9.53 Å². The molecule has 2 nitrogen and oxygen atoms in total. The van der Waals surface area contributed by atoms with Gasteiger partial charge in [-0.25, -0.2) is 4.79 Å². The number of esters is 1. The summed E-state index contributed by atoms with van der Waals surface area (Å²) in [5, 5.41) is 1.89. The standard InChI is InChI=1S/C7H10O2S/c1-5-3-10-4-6(5)7(8)9-2/h4-5H,3H2,1-2H3. The molecule has 1 atom stereocenters. The monoisotopic (exact) mass is 158 g/mol. The molecule has 0 saturated carbocycles. The molecule has 0 aliphatic carbocycles. The zero-order valence-corrected chi connectivity index (χ0v) is 6.90. The van der Waals surface area contributed by atoms with E-state index >= 15 is 0 Å². The van der Waals surface area contributed by atoms with Crippen LogP contribution in [-0.4, -0.2) is 18.8 Å². The Labute approximate surface area is 64.6 Å². The van der Waals surface area contributed by atoms with Crippen molar-refractivity contribution >= 4 is 17.7 Å². The molecule has 0 radical (unpaired) electrons. The molecule has 3 heteroatoms. The molecule has 1 heterocycles. The van der Waals surface area contributed by atoms with Gasteiger partial charge in [-0.05, 0) is 11.3 Å². The maximum absolute atomic E-state index is 10.9. The molecular formula is C7H10O2S. The van der Waals surface area contributed by atoms with Gasteiger partial charge >= 0.3 is 5.97 Å². The quantitative estimate of drug-likeness (QED) is 0.540. The second-order valence-electron chi connectivity index (χ2n) is 2.30. The predicted molar refractivity (Wildman–Crippen MR) is 41.7 cm³/mol. The number of carbonyl (C=O) groups excluding carboxylic acids is 1. The number of carbonyl (C=O) groups is 1. The fraction of sp³-hybridized carbons (Fsp3) is 0.571. The van der Waals surface area contributed by atoms with Crippen LogP contribution in [0.3, 0.4) is 0 Å². The van der Waals surface area contributed by atoms with Crippen molar-refractivity contribution in [2.45, 2.75) is 6.92 Å². The van der Waals surface area contributed by atoms with Crippen LogP contribution in [0.4, 0.5) is 0 Å². The first-order valence-corrected chi connectivity index (χ1v) is 4.20. The summed E-state index contributed by atoms with van der Waals surface area (Å²) in [6.07, 6.45) is 0. The lowest BCUT2D eigenvalue weighted by Gasteiger charge is -2.03. The Bertz CT molecular complexity index is 174. The van der Waals surface area contributed by atoms with E-state index in [9.17, 15) is 4.79 Å². The maximum Gasteiger partial charge on any atom is 0.334 e. The van der Waals surface area contributed by atoms with Gasteiger partial charge in [-0.2, -0.15) is 0 Å². The number of ether oxygens (including phenoxy) is 1. The minimum atomic E-state index is -0.183. The average molecular weight is 158 g/mol. The highest BCUT2D eigenvalue weighted by Crippen LogP contribution is 2.28. The second-order valence-corrected chi connectivity index (χ2v) is 3.20. The lowest BCUT2D eigenvalue weighted by atomic mass is 10.1. The Morgan fingerprint density at radius 3 is 3.00 bits per heavy atom. The second kappa shape index (κ2) is 3.10. The normalized spacial score (nSPS) is 24.2. The van der Waals surface area contributed by atoms with Crippen LogP contribution >= 0.6 is 11.8 Å². The first kappa shape index (κ1) is 7.66. The zero-order valence-electron chi connectivity index (χ0n) is 6.09. The summed E-state index contributed by atoms with van der Waals surface area (Å²) in [6.45, 7) is 2.03. The lowest BCUT2D eigenvalue weighted by Crippen LogP contribution is -2.09. The van der Waals surface area contributed by atoms with Crippen molar-refractivity contribution in [1.29, 1.82) is 0 Å². The van der Waals surface area contributed by atoms with E-state index in [2.05, 4.69) is 4.74 Å². The van der Waals surface area contributed by atoms with E-state index in [1.165, 1.54) is 7.11 Å². The smallest absolute Gasteiger partial charge is 0.334 e. The third-order valence-electron chi connectivity index (χ3n) is 1.51. The van der Waals surface area contributed by atoms with E-state index in [1.807, 2.05) is 12.3 Å². The molecule has 0 aromatic carbocycles. The minimum Gasteiger partial charge on any atom is -0.466 e. The first-order valence-electron chi connectivity index (χ1n) is 3.15. The van der Waals surface area contributed by atoms with Crippen LogP contribution < -0.4 is 0 Å². The van der Waals surface area contributed by atoms with Crippen LogP contribution in [0.1, 0.15) is 6.92 Å². The fourth-order valence-electron chi connectivity index (χ4n) is 0.855. The summed E-state index contributed by atoms with van der Waals surface area (Å²) >= 11 is 1.67. The van der Waals surface area contributed by atoms with Crippen LogP contribution in [0.2, 0.25) is 0 Å². The van der Waals surface area contributed by atoms with Crippen LogP contribution in [0.25, 0.3) is 0 Å². The fourth-order valence-corrected chi connectivity index (χ4v) is 1.93. The lowest BCUT2D eigenvalue weighted by molar-refractivity contribution is -0.136. The summed E-state index contributed by atoms with van der Waals surface area (Å²) in [4.78, 5) is 10.9. The summed E-state index contributed by atoms with van der Waals surface area (Å²) in [5.41, 5.74) is 0.813. The van der Waals surface area contributed by atoms with E-state index in [4.69, 9.17) is 0 Å². The predicted octanol–water partition coefficient (Wildman–Crippen LogP) is 1.43.